The summed E-state index contributed by atoms with van der Waals surface area (Å²) in [5.41, 5.74) is 0. The standard InChI is InChI=1S/C15H28F2N2O3Si/c1-4-23(5-2,6-3)22-13(14(16)17)12-11-8-7-10(9-18-12)19(11)15(20)21/h10-14,18H,4-9H2,1-3H3,(H,20,21)/t10-,11+,12+,13?/m1/s1. The van der Waals surface area contributed by atoms with Crippen molar-refractivity contribution in [2.45, 2.75) is 82.4 Å². The molecular formula is C15H28F2N2O3Si. The highest BCUT2D eigenvalue weighted by molar-refractivity contribution is 6.73. The van der Waals surface area contributed by atoms with Crippen LogP contribution in [-0.4, -0.2) is 61.6 Å². The number of nitrogens with zero attached hydrogens (tertiary/aromatic N) is 1. The number of carboxylic acid groups (broad SMARTS) is 1. The Balaban J connectivity index is 2.22. The van der Waals surface area contributed by atoms with E-state index < -0.39 is 39.0 Å². The minimum atomic E-state index is -2.61. The molecule has 2 heterocycles. The predicted molar refractivity (Wildman–Crippen MR) is 86.5 cm³/mol. The first kappa shape index (κ1) is 18.6. The van der Waals surface area contributed by atoms with Crippen LogP contribution in [0.3, 0.4) is 0 Å². The van der Waals surface area contributed by atoms with E-state index in [1.54, 1.807) is 0 Å². The molecule has 8 heteroatoms. The average Bonchev–Trinajstić information content (AvgIpc) is 2.85. The maximum absolute atomic E-state index is 13.8. The molecule has 2 N–H and O–H groups in total. The lowest BCUT2D eigenvalue weighted by atomic mass is 10.00. The number of halogens is 2. The lowest BCUT2D eigenvalue weighted by Crippen LogP contribution is -2.65. The smallest absolute Gasteiger partial charge is 0.407 e. The van der Waals surface area contributed by atoms with Gasteiger partial charge in [-0.05, 0) is 31.0 Å². The summed E-state index contributed by atoms with van der Waals surface area (Å²) in [4.78, 5) is 12.9. The highest BCUT2D eigenvalue weighted by Gasteiger charge is 2.51. The second kappa shape index (κ2) is 7.44. The first-order valence-corrected chi connectivity index (χ1v) is 11.1. The molecule has 2 fully saturated rings. The summed E-state index contributed by atoms with van der Waals surface area (Å²) in [5.74, 6) is 0. The molecule has 0 aromatic rings. The third-order valence-electron chi connectivity index (χ3n) is 5.69. The van der Waals surface area contributed by atoms with Crippen LogP contribution in [0.1, 0.15) is 33.6 Å². The van der Waals surface area contributed by atoms with E-state index in [2.05, 4.69) is 5.32 Å². The van der Waals surface area contributed by atoms with Crippen molar-refractivity contribution in [2.75, 3.05) is 6.54 Å². The third-order valence-corrected chi connectivity index (χ3v) is 10.3. The van der Waals surface area contributed by atoms with E-state index in [0.29, 0.717) is 13.0 Å². The molecule has 2 rings (SSSR count). The number of hydrogen-bond donors (Lipinski definition) is 2. The van der Waals surface area contributed by atoms with E-state index >= 15 is 0 Å². The summed E-state index contributed by atoms with van der Waals surface area (Å²) in [6.45, 7) is 6.45. The molecule has 2 aliphatic heterocycles. The van der Waals surface area contributed by atoms with Crippen molar-refractivity contribution in [3.05, 3.63) is 0 Å². The highest BCUT2D eigenvalue weighted by Crippen LogP contribution is 2.35. The zero-order valence-corrected chi connectivity index (χ0v) is 15.1. The molecule has 0 aliphatic carbocycles. The van der Waals surface area contributed by atoms with Gasteiger partial charge in [0.2, 0.25) is 0 Å². The van der Waals surface area contributed by atoms with Crippen LogP contribution in [0.4, 0.5) is 13.6 Å². The summed E-state index contributed by atoms with van der Waals surface area (Å²) < 4.78 is 33.6. The number of fused-ring (bicyclic) bond motifs is 2. The topological polar surface area (TPSA) is 61.8 Å². The van der Waals surface area contributed by atoms with Gasteiger partial charge in [0.05, 0.1) is 12.1 Å². The number of piperazine rings is 1. The molecule has 4 atom stereocenters. The fourth-order valence-corrected chi connectivity index (χ4v) is 6.90. The molecule has 2 saturated heterocycles. The second-order valence-corrected chi connectivity index (χ2v) is 11.3. The van der Waals surface area contributed by atoms with Crippen LogP contribution in [0.2, 0.25) is 18.1 Å². The van der Waals surface area contributed by atoms with Crippen LogP contribution in [0.15, 0.2) is 0 Å². The Bertz CT molecular complexity index is 415. The van der Waals surface area contributed by atoms with Crippen molar-refractivity contribution < 1.29 is 23.1 Å². The van der Waals surface area contributed by atoms with Crippen molar-refractivity contribution in [3.8, 4) is 0 Å². The lowest BCUT2D eigenvalue weighted by Gasteiger charge is -2.44. The van der Waals surface area contributed by atoms with Crippen LogP contribution < -0.4 is 5.32 Å². The van der Waals surface area contributed by atoms with Crippen LogP contribution in [0.5, 0.6) is 0 Å². The number of alkyl halides is 2. The largest absolute Gasteiger partial charge is 0.465 e. The van der Waals surface area contributed by atoms with E-state index in [0.717, 1.165) is 24.6 Å². The van der Waals surface area contributed by atoms with Gasteiger partial charge in [-0.15, -0.1) is 0 Å². The van der Waals surface area contributed by atoms with Crippen LogP contribution in [-0.2, 0) is 4.43 Å². The Labute approximate surface area is 137 Å². The van der Waals surface area contributed by atoms with Gasteiger partial charge in [-0.3, -0.25) is 4.90 Å². The zero-order valence-electron chi connectivity index (χ0n) is 14.1. The summed E-state index contributed by atoms with van der Waals surface area (Å²) in [6.07, 6.45) is -3.50. The van der Waals surface area contributed by atoms with E-state index in [1.807, 2.05) is 20.8 Å². The molecule has 2 aliphatic rings. The van der Waals surface area contributed by atoms with E-state index in [-0.39, 0.29) is 6.04 Å². The normalized spacial score (nSPS) is 29.1. The first-order chi connectivity index (χ1) is 10.9. The van der Waals surface area contributed by atoms with Crippen molar-refractivity contribution in [2.24, 2.45) is 0 Å². The molecule has 1 unspecified atom stereocenters. The number of amides is 1. The Kier molecular flexibility index (Phi) is 6.02. The third kappa shape index (κ3) is 3.53. The minimum absolute atomic E-state index is 0.0994. The molecule has 0 aromatic carbocycles. The number of carbonyl (C=O) groups is 1. The second-order valence-electron chi connectivity index (χ2n) is 6.58. The molecule has 134 valence electrons. The molecule has 0 aromatic heterocycles. The van der Waals surface area contributed by atoms with Gasteiger partial charge in [0, 0.05) is 12.6 Å². The number of hydrogen-bond acceptors (Lipinski definition) is 3. The van der Waals surface area contributed by atoms with E-state index in [4.69, 9.17) is 4.43 Å². The van der Waals surface area contributed by atoms with Gasteiger partial charge in [0.15, 0.2) is 8.32 Å². The molecule has 1 amide bonds. The lowest BCUT2D eigenvalue weighted by molar-refractivity contribution is -0.0419. The van der Waals surface area contributed by atoms with E-state index in [1.165, 1.54) is 4.90 Å². The fraction of sp³-hybridized carbons (Fsp3) is 0.933. The Hall–Kier alpha value is -0.733. The average molecular weight is 350 g/mol. The van der Waals surface area contributed by atoms with Crippen molar-refractivity contribution in [1.29, 1.82) is 0 Å². The summed E-state index contributed by atoms with van der Waals surface area (Å²) in [7, 11) is -2.19. The Morgan fingerprint density at radius 1 is 1.30 bits per heavy atom. The van der Waals surface area contributed by atoms with Gasteiger partial charge >= 0.3 is 6.09 Å². The van der Waals surface area contributed by atoms with Gasteiger partial charge in [-0.1, -0.05) is 20.8 Å². The molecule has 23 heavy (non-hydrogen) atoms. The molecule has 0 spiro atoms. The molecule has 0 saturated carbocycles. The summed E-state index contributed by atoms with van der Waals surface area (Å²) >= 11 is 0. The van der Waals surface area contributed by atoms with E-state index in [9.17, 15) is 18.7 Å². The quantitative estimate of drug-likeness (QED) is 0.693. The van der Waals surface area contributed by atoms with Crippen LogP contribution in [0, 0.1) is 0 Å². The zero-order chi connectivity index (χ0) is 17.2. The first-order valence-electron chi connectivity index (χ1n) is 8.59. The maximum Gasteiger partial charge on any atom is 0.407 e. The molecule has 0 radical (unpaired) electrons. The predicted octanol–water partition coefficient (Wildman–Crippen LogP) is 3.12. The van der Waals surface area contributed by atoms with Crippen molar-refractivity contribution in [3.63, 3.8) is 0 Å². The van der Waals surface area contributed by atoms with Crippen LogP contribution >= 0.6 is 0 Å². The van der Waals surface area contributed by atoms with Crippen LogP contribution in [0.25, 0.3) is 0 Å². The summed E-state index contributed by atoms with van der Waals surface area (Å²) in [6, 6.07) is 1.25. The SMILES string of the molecule is CC[Si](CC)(CC)OC(C(F)F)[C@H]1NC[C@H]2CC[C@@H]1N2C(=O)O. The van der Waals surface area contributed by atoms with Crippen molar-refractivity contribution >= 4 is 14.4 Å². The van der Waals surface area contributed by atoms with Crippen molar-refractivity contribution in [1.82, 2.24) is 10.2 Å². The van der Waals surface area contributed by atoms with Gasteiger partial charge < -0.3 is 14.8 Å². The molecule has 2 bridgehead atoms. The molecule has 5 nitrogen and oxygen atoms in total. The van der Waals surface area contributed by atoms with Gasteiger partial charge in [0.1, 0.15) is 6.10 Å². The fourth-order valence-electron chi connectivity index (χ4n) is 4.08. The Morgan fingerprint density at radius 3 is 2.39 bits per heavy atom. The minimum Gasteiger partial charge on any atom is -0.465 e. The summed E-state index contributed by atoms with van der Waals surface area (Å²) in [5, 5.41) is 12.6. The van der Waals surface area contributed by atoms with Gasteiger partial charge in [-0.25, -0.2) is 13.6 Å². The highest BCUT2D eigenvalue weighted by atomic mass is 28.4. The Morgan fingerprint density at radius 2 is 1.91 bits per heavy atom. The maximum atomic E-state index is 13.8. The number of rotatable bonds is 7. The van der Waals surface area contributed by atoms with Gasteiger partial charge in [0.25, 0.3) is 6.43 Å². The number of nitrogens with one attached hydrogen (secondary N) is 1. The van der Waals surface area contributed by atoms with Gasteiger partial charge in [-0.2, -0.15) is 0 Å². The monoisotopic (exact) mass is 350 g/mol. The molecular weight excluding hydrogens is 322 g/mol.